The fourth-order valence-corrected chi connectivity index (χ4v) is 2.04. The van der Waals surface area contributed by atoms with E-state index in [9.17, 15) is 5.11 Å². The summed E-state index contributed by atoms with van der Waals surface area (Å²) in [5.74, 6) is 1.57. The summed E-state index contributed by atoms with van der Waals surface area (Å²) < 4.78 is 15.7. The molecule has 5 heteroatoms. The minimum Gasteiger partial charge on any atom is -0.454 e. The number of aliphatic hydroxyl groups is 1. The van der Waals surface area contributed by atoms with Gasteiger partial charge in [0.1, 0.15) is 0 Å². The maximum Gasteiger partial charge on any atom is 0.231 e. The third kappa shape index (κ3) is 2.22. The van der Waals surface area contributed by atoms with E-state index in [-0.39, 0.29) is 6.04 Å². The van der Waals surface area contributed by atoms with Crippen LogP contribution in [0, 0.1) is 0 Å². The van der Waals surface area contributed by atoms with Crippen LogP contribution >= 0.6 is 0 Å². The first-order valence-electron chi connectivity index (χ1n) is 5.70. The van der Waals surface area contributed by atoms with Gasteiger partial charge in [0.2, 0.25) is 6.79 Å². The van der Waals surface area contributed by atoms with Gasteiger partial charge in [-0.15, -0.1) is 0 Å². The quantitative estimate of drug-likeness (QED) is 0.790. The van der Waals surface area contributed by atoms with Gasteiger partial charge in [-0.3, -0.25) is 0 Å². The van der Waals surface area contributed by atoms with Crippen LogP contribution in [0.2, 0.25) is 0 Å². The van der Waals surface area contributed by atoms with Gasteiger partial charge in [-0.05, 0) is 17.7 Å². The highest BCUT2D eigenvalue weighted by Gasteiger charge is 2.25. The van der Waals surface area contributed by atoms with Crippen molar-refractivity contribution in [2.75, 3.05) is 20.0 Å². The molecule has 92 valence electrons. The van der Waals surface area contributed by atoms with E-state index in [2.05, 4.69) is 5.32 Å². The van der Waals surface area contributed by atoms with Crippen LogP contribution in [0.5, 0.6) is 11.5 Å². The van der Waals surface area contributed by atoms with Gasteiger partial charge in [0.05, 0.1) is 25.4 Å². The zero-order valence-electron chi connectivity index (χ0n) is 9.39. The summed E-state index contributed by atoms with van der Waals surface area (Å²) in [5.41, 5.74) is 1.10. The average Bonchev–Trinajstić information content (AvgIpc) is 2.94. The van der Waals surface area contributed by atoms with Gasteiger partial charge < -0.3 is 24.6 Å². The molecule has 17 heavy (non-hydrogen) atoms. The predicted molar refractivity (Wildman–Crippen MR) is 60.0 cm³/mol. The molecular formula is C12H15NO4. The van der Waals surface area contributed by atoms with E-state index >= 15 is 0 Å². The fourth-order valence-electron chi connectivity index (χ4n) is 2.04. The highest BCUT2D eigenvalue weighted by atomic mass is 16.7. The van der Waals surface area contributed by atoms with Crippen LogP contribution in [0.4, 0.5) is 0 Å². The summed E-state index contributed by atoms with van der Waals surface area (Å²) in [6.45, 7) is 1.95. The molecule has 0 unspecified atom stereocenters. The monoisotopic (exact) mass is 237 g/mol. The second-order valence-electron chi connectivity index (χ2n) is 4.28. The number of aliphatic hydroxyl groups excluding tert-OH is 1. The first-order chi connectivity index (χ1) is 8.33. The van der Waals surface area contributed by atoms with Crippen molar-refractivity contribution < 1.29 is 19.3 Å². The van der Waals surface area contributed by atoms with Gasteiger partial charge in [0, 0.05) is 6.54 Å². The molecule has 1 fully saturated rings. The Bertz CT molecular complexity index is 409. The minimum atomic E-state index is -0.413. The lowest BCUT2D eigenvalue weighted by atomic mass is 10.1. The van der Waals surface area contributed by atoms with Crippen molar-refractivity contribution in [1.82, 2.24) is 5.32 Å². The highest BCUT2D eigenvalue weighted by Crippen LogP contribution is 2.32. The Hall–Kier alpha value is -1.30. The SMILES string of the molecule is O[C@H]1COC[C@@H]1NCc1ccc2c(c1)OCO2. The van der Waals surface area contributed by atoms with Crippen LogP contribution in [0.15, 0.2) is 18.2 Å². The Morgan fingerprint density at radius 3 is 2.94 bits per heavy atom. The van der Waals surface area contributed by atoms with E-state index in [0.717, 1.165) is 17.1 Å². The standard InChI is InChI=1S/C12H15NO4/c14-10-6-15-5-9(10)13-4-8-1-2-11-12(3-8)17-7-16-11/h1-3,9-10,13-14H,4-7H2/t9-,10-/m0/s1. The van der Waals surface area contributed by atoms with Crippen molar-refractivity contribution in [2.24, 2.45) is 0 Å². The summed E-state index contributed by atoms with van der Waals surface area (Å²) in [6, 6.07) is 5.86. The molecule has 2 aliphatic heterocycles. The molecule has 2 N–H and O–H groups in total. The van der Waals surface area contributed by atoms with Gasteiger partial charge in [0.15, 0.2) is 11.5 Å². The Balaban J connectivity index is 1.61. The van der Waals surface area contributed by atoms with E-state index in [1.807, 2.05) is 18.2 Å². The lowest BCUT2D eigenvalue weighted by Gasteiger charge is -2.14. The van der Waals surface area contributed by atoms with Crippen molar-refractivity contribution in [3.8, 4) is 11.5 Å². The van der Waals surface area contributed by atoms with Crippen molar-refractivity contribution in [3.63, 3.8) is 0 Å². The van der Waals surface area contributed by atoms with Gasteiger partial charge >= 0.3 is 0 Å². The predicted octanol–water partition coefficient (Wildman–Crippen LogP) is 0.265. The molecule has 3 rings (SSSR count). The van der Waals surface area contributed by atoms with Crippen LogP contribution in [-0.2, 0) is 11.3 Å². The summed E-state index contributed by atoms with van der Waals surface area (Å²) in [5, 5.41) is 12.9. The number of rotatable bonds is 3. The van der Waals surface area contributed by atoms with Crippen LogP contribution in [0.25, 0.3) is 0 Å². The number of hydrogen-bond donors (Lipinski definition) is 2. The van der Waals surface area contributed by atoms with E-state index in [1.165, 1.54) is 0 Å². The maximum atomic E-state index is 9.59. The van der Waals surface area contributed by atoms with E-state index in [4.69, 9.17) is 14.2 Å². The van der Waals surface area contributed by atoms with Gasteiger partial charge in [-0.1, -0.05) is 6.07 Å². The molecule has 0 amide bonds. The van der Waals surface area contributed by atoms with E-state index in [0.29, 0.717) is 26.6 Å². The molecule has 2 atom stereocenters. The number of benzene rings is 1. The first kappa shape index (κ1) is 10.8. The molecule has 0 spiro atoms. The Morgan fingerprint density at radius 1 is 1.24 bits per heavy atom. The lowest BCUT2D eigenvalue weighted by molar-refractivity contribution is 0.122. The van der Waals surface area contributed by atoms with Gasteiger partial charge in [-0.25, -0.2) is 0 Å². The zero-order valence-corrected chi connectivity index (χ0v) is 9.39. The molecule has 1 aromatic rings. The molecule has 0 saturated carbocycles. The Labute approximate surface area is 99.3 Å². The molecule has 1 aromatic carbocycles. The number of hydrogen-bond acceptors (Lipinski definition) is 5. The van der Waals surface area contributed by atoms with E-state index in [1.54, 1.807) is 0 Å². The summed E-state index contributed by atoms with van der Waals surface area (Å²) in [7, 11) is 0. The largest absolute Gasteiger partial charge is 0.454 e. The number of nitrogens with one attached hydrogen (secondary N) is 1. The highest BCUT2D eigenvalue weighted by molar-refractivity contribution is 5.44. The molecule has 0 radical (unpaired) electrons. The smallest absolute Gasteiger partial charge is 0.231 e. The van der Waals surface area contributed by atoms with Gasteiger partial charge in [-0.2, -0.15) is 0 Å². The van der Waals surface area contributed by atoms with Crippen molar-refractivity contribution in [1.29, 1.82) is 0 Å². The van der Waals surface area contributed by atoms with E-state index < -0.39 is 6.10 Å². The van der Waals surface area contributed by atoms with Crippen LogP contribution in [0.3, 0.4) is 0 Å². The van der Waals surface area contributed by atoms with Crippen molar-refractivity contribution in [2.45, 2.75) is 18.7 Å². The molecule has 0 aliphatic carbocycles. The first-order valence-corrected chi connectivity index (χ1v) is 5.70. The molecule has 0 aromatic heterocycles. The summed E-state index contributed by atoms with van der Waals surface area (Å²) in [4.78, 5) is 0. The normalized spacial score (nSPS) is 26.4. The molecule has 5 nitrogen and oxygen atoms in total. The summed E-state index contributed by atoms with van der Waals surface area (Å²) in [6.07, 6.45) is -0.413. The maximum absolute atomic E-state index is 9.59. The molecule has 2 heterocycles. The lowest BCUT2D eigenvalue weighted by Crippen LogP contribution is -2.38. The molecule has 0 bridgehead atoms. The third-order valence-corrected chi connectivity index (χ3v) is 3.06. The number of ether oxygens (including phenoxy) is 3. The van der Waals surface area contributed by atoms with Crippen LogP contribution in [-0.4, -0.2) is 37.3 Å². The molecular weight excluding hydrogens is 222 g/mol. The average molecular weight is 237 g/mol. The second-order valence-corrected chi connectivity index (χ2v) is 4.28. The summed E-state index contributed by atoms with van der Waals surface area (Å²) >= 11 is 0. The fraction of sp³-hybridized carbons (Fsp3) is 0.500. The molecule has 2 aliphatic rings. The zero-order chi connectivity index (χ0) is 11.7. The van der Waals surface area contributed by atoms with Crippen molar-refractivity contribution in [3.05, 3.63) is 23.8 Å². The van der Waals surface area contributed by atoms with Crippen LogP contribution in [0.1, 0.15) is 5.56 Å². The number of fused-ring (bicyclic) bond motifs is 1. The van der Waals surface area contributed by atoms with Gasteiger partial charge in [0.25, 0.3) is 0 Å². The topological polar surface area (TPSA) is 60.0 Å². The van der Waals surface area contributed by atoms with Crippen molar-refractivity contribution >= 4 is 0 Å². The second kappa shape index (κ2) is 4.52. The Morgan fingerprint density at radius 2 is 2.12 bits per heavy atom. The Kier molecular flexibility index (Phi) is 2.88. The third-order valence-electron chi connectivity index (χ3n) is 3.06. The minimum absolute atomic E-state index is 0.0143. The van der Waals surface area contributed by atoms with Crippen LogP contribution < -0.4 is 14.8 Å². The molecule has 1 saturated heterocycles.